The highest BCUT2D eigenvalue weighted by Gasteiger charge is 2.26. The molecule has 1 amide bonds. The number of hydrogen-bond acceptors (Lipinski definition) is 5. The summed E-state index contributed by atoms with van der Waals surface area (Å²) in [5.41, 5.74) is 0.622. The fraction of sp³-hybridized carbons (Fsp3) is 0.615. The van der Waals surface area contributed by atoms with Crippen molar-refractivity contribution >= 4 is 34.4 Å². The summed E-state index contributed by atoms with van der Waals surface area (Å²) in [7, 11) is 0. The van der Waals surface area contributed by atoms with E-state index in [9.17, 15) is 14.4 Å². The Morgan fingerprint density at radius 2 is 1.70 bits per heavy atom. The van der Waals surface area contributed by atoms with Gasteiger partial charge in [0.15, 0.2) is 5.16 Å². The van der Waals surface area contributed by atoms with Gasteiger partial charge in [-0.25, -0.2) is 4.98 Å². The van der Waals surface area contributed by atoms with Crippen LogP contribution in [0.1, 0.15) is 88.5 Å². The maximum atomic E-state index is 13.6. The molecule has 4 rings (SSSR count). The lowest BCUT2D eigenvalue weighted by atomic mass is 9.92. The Morgan fingerprint density at radius 1 is 1.03 bits per heavy atom. The highest BCUT2D eigenvalue weighted by molar-refractivity contribution is 7.99. The second kappa shape index (κ2) is 10.00. The van der Waals surface area contributed by atoms with E-state index in [-0.39, 0.29) is 29.0 Å². The SMILES string of the molecule is CC(C)(C)C(=O)CSc1nc2cc(C(=O)N3CCCCC3)ccc2c(=O)n1C1CCCCC1. The monoisotopic (exact) mass is 469 g/mol. The van der Waals surface area contributed by atoms with Crippen LogP contribution in [0.15, 0.2) is 28.2 Å². The molecule has 1 aliphatic carbocycles. The predicted molar refractivity (Wildman–Crippen MR) is 133 cm³/mol. The van der Waals surface area contributed by atoms with Gasteiger partial charge >= 0.3 is 0 Å². The van der Waals surface area contributed by atoms with E-state index in [0.717, 1.165) is 58.0 Å². The van der Waals surface area contributed by atoms with Crippen molar-refractivity contribution in [2.45, 2.75) is 83.3 Å². The van der Waals surface area contributed by atoms with Crippen LogP contribution in [0.4, 0.5) is 0 Å². The zero-order chi connectivity index (χ0) is 23.6. The number of likely N-dealkylation sites (tertiary alicyclic amines) is 1. The zero-order valence-corrected chi connectivity index (χ0v) is 20.9. The van der Waals surface area contributed by atoms with Crippen molar-refractivity contribution in [1.82, 2.24) is 14.5 Å². The number of piperidine rings is 1. The summed E-state index contributed by atoms with van der Waals surface area (Å²) in [5, 5.41) is 1.14. The van der Waals surface area contributed by atoms with Crippen LogP contribution in [0.5, 0.6) is 0 Å². The highest BCUT2D eigenvalue weighted by Crippen LogP contribution is 2.32. The van der Waals surface area contributed by atoms with Crippen molar-refractivity contribution in [3.63, 3.8) is 0 Å². The van der Waals surface area contributed by atoms with Gasteiger partial charge in [-0.2, -0.15) is 0 Å². The fourth-order valence-corrected chi connectivity index (χ4v) is 5.93. The number of thioether (sulfide) groups is 1. The summed E-state index contributed by atoms with van der Waals surface area (Å²) < 4.78 is 1.83. The number of hydrogen-bond donors (Lipinski definition) is 0. The lowest BCUT2D eigenvalue weighted by molar-refractivity contribution is -0.123. The first kappa shape index (κ1) is 24.0. The number of benzene rings is 1. The van der Waals surface area contributed by atoms with Crippen LogP contribution >= 0.6 is 11.8 Å². The Morgan fingerprint density at radius 3 is 2.36 bits per heavy atom. The lowest BCUT2D eigenvalue weighted by Gasteiger charge is -2.27. The van der Waals surface area contributed by atoms with Gasteiger partial charge in [-0.3, -0.25) is 19.0 Å². The number of aromatic nitrogens is 2. The van der Waals surface area contributed by atoms with E-state index in [4.69, 9.17) is 4.98 Å². The molecule has 7 heteroatoms. The molecule has 1 saturated carbocycles. The first-order valence-electron chi connectivity index (χ1n) is 12.3. The molecule has 0 spiro atoms. The Bertz CT molecular complexity index is 1090. The molecule has 2 heterocycles. The average molecular weight is 470 g/mol. The molecule has 0 bridgehead atoms. The molecule has 1 aromatic heterocycles. The first-order valence-corrected chi connectivity index (χ1v) is 13.3. The van der Waals surface area contributed by atoms with E-state index >= 15 is 0 Å². The molecule has 0 radical (unpaired) electrons. The van der Waals surface area contributed by atoms with Crippen LogP contribution in [0.2, 0.25) is 0 Å². The number of amides is 1. The zero-order valence-electron chi connectivity index (χ0n) is 20.1. The molecule has 33 heavy (non-hydrogen) atoms. The third kappa shape index (κ3) is 5.34. The quantitative estimate of drug-likeness (QED) is 0.443. The maximum Gasteiger partial charge on any atom is 0.262 e. The van der Waals surface area contributed by atoms with E-state index in [1.807, 2.05) is 30.2 Å². The Hall–Kier alpha value is -2.15. The number of carbonyl (C=O) groups is 2. The van der Waals surface area contributed by atoms with Gasteiger partial charge in [0, 0.05) is 30.1 Å². The summed E-state index contributed by atoms with van der Waals surface area (Å²) in [6, 6.07) is 5.40. The van der Waals surface area contributed by atoms with Crippen molar-refractivity contribution in [3.05, 3.63) is 34.1 Å². The van der Waals surface area contributed by atoms with Crippen molar-refractivity contribution in [1.29, 1.82) is 0 Å². The summed E-state index contributed by atoms with van der Waals surface area (Å²) in [4.78, 5) is 46.0. The van der Waals surface area contributed by atoms with Gasteiger partial charge in [0.2, 0.25) is 0 Å². The molecule has 2 aromatic rings. The Kier molecular flexibility index (Phi) is 7.27. The molecular formula is C26H35N3O3S. The molecule has 178 valence electrons. The molecular weight excluding hydrogens is 434 g/mol. The number of fused-ring (bicyclic) bond motifs is 1. The molecule has 1 saturated heterocycles. The summed E-state index contributed by atoms with van der Waals surface area (Å²) in [6.07, 6.45) is 8.54. The van der Waals surface area contributed by atoms with Gasteiger partial charge in [0.25, 0.3) is 11.5 Å². The molecule has 1 aliphatic heterocycles. The summed E-state index contributed by atoms with van der Waals surface area (Å²) in [5.74, 6) is 0.415. The average Bonchev–Trinajstić information content (AvgIpc) is 2.82. The van der Waals surface area contributed by atoms with E-state index in [2.05, 4.69) is 0 Å². The highest BCUT2D eigenvalue weighted by atomic mass is 32.2. The number of nitrogens with zero attached hydrogens (tertiary/aromatic N) is 3. The van der Waals surface area contributed by atoms with Gasteiger partial charge in [-0.15, -0.1) is 0 Å². The summed E-state index contributed by atoms with van der Waals surface area (Å²) in [6.45, 7) is 7.30. The third-order valence-corrected chi connectivity index (χ3v) is 7.82. The molecule has 1 aromatic carbocycles. The minimum Gasteiger partial charge on any atom is -0.339 e. The Labute approximate surface area is 200 Å². The van der Waals surface area contributed by atoms with Crippen LogP contribution in [0.3, 0.4) is 0 Å². The fourth-order valence-electron chi connectivity index (χ4n) is 4.70. The number of ketones is 1. The largest absolute Gasteiger partial charge is 0.339 e. The van der Waals surface area contributed by atoms with Crippen LogP contribution in [-0.4, -0.2) is 45.0 Å². The van der Waals surface area contributed by atoms with Crippen LogP contribution in [0, 0.1) is 5.41 Å². The van der Waals surface area contributed by atoms with E-state index in [1.165, 1.54) is 18.2 Å². The Balaban J connectivity index is 1.73. The number of rotatable bonds is 5. The van der Waals surface area contributed by atoms with Crippen molar-refractivity contribution in [3.8, 4) is 0 Å². The second-order valence-corrected chi connectivity index (χ2v) is 11.4. The summed E-state index contributed by atoms with van der Waals surface area (Å²) >= 11 is 1.35. The van der Waals surface area contributed by atoms with Crippen LogP contribution in [-0.2, 0) is 4.79 Å². The van der Waals surface area contributed by atoms with Crippen LogP contribution in [0.25, 0.3) is 10.9 Å². The van der Waals surface area contributed by atoms with Gasteiger partial charge in [-0.05, 0) is 50.3 Å². The maximum absolute atomic E-state index is 13.6. The molecule has 2 fully saturated rings. The van der Waals surface area contributed by atoms with E-state index in [0.29, 0.717) is 21.6 Å². The van der Waals surface area contributed by atoms with Gasteiger partial charge < -0.3 is 4.90 Å². The van der Waals surface area contributed by atoms with Gasteiger partial charge in [0.05, 0.1) is 16.7 Å². The van der Waals surface area contributed by atoms with Crippen molar-refractivity contribution in [2.24, 2.45) is 5.41 Å². The smallest absolute Gasteiger partial charge is 0.262 e. The lowest BCUT2D eigenvalue weighted by Crippen LogP contribution is -2.35. The topological polar surface area (TPSA) is 72.3 Å². The minimum atomic E-state index is -0.437. The first-order chi connectivity index (χ1) is 15.8. The predicted octanol–water partition coefficient (Wildman–Crippen LogP) is 5.24. The number of Topliss-reactive ketones (excluding diaryl/α,β-unsaturated/α-hetero) is 1. The van der Waals surface area contributed by atoms with E-state index in [1.54, 1.807) is 18.2 Å². The second-order valence-electron chi connectivity index (χ2n) is 10.4. The molecule has 0 N–H and O–H groups in total. The molecule has 2 aliphatic rings. The number of carbonyl (C=O) groups excluding carboxylic acids is 2. The van der Waals surface area contributed by atoms with Crippen LogP contribution < -0.4 is 5.56 Å². The molecule has 0 unspecified atom stereocenters. The standard InChI is InChI=1S/C26H35N3O3S/c1-26(2,3)22(30)17-33-25-27-21-16-18(23(31)28-14-8-5-9-15-28)12-13-20(21)24(32)29(25)19-10-6-4-7-11-19/h12-13,16,19H,4-11,14-15,17H2,1-3H3. The minimum absolute atomic E-state index is 0.00646. The normalized spacial score (nSPS) is 18.0. The van der Waals surface area contributed by atoms with Gasteiger partial charge in [0.1, 0.15) is 5.78 Å². The van der Waals surface area contributed by atoms with Crippen molar-refractivity contribution < 1.29 is 9.59 Å². The molecule has 0 atom stereocenters. The van der Waals surface area contributed by atoms with Gasteiger partial charge in [-0.1, -0.05) is 51.8 Å². The third-order valence-electron chi connectivity index (χ3n) is 6.87. The van der Waals surface area contributed by atoms with E-state index < -0.39 is 5.41 Å². The molecule has 6 nitrogen and oxygen atoms in total. The van der Waals surface area contributed by atoms with Crippen molar-refractivity contribution in [2.75, 3.05) is 18.8 Å².